The van der Waals surface area contributed by atoms with Gasteiger partial charge in [-0.25, -0.2) is 10.3 Å². The van der Waals surface area contributed by atoms with Crippen molar-refractivity contribution in [3.8, 4) is 0 Å². The largest absolute Gasteiger partial charge is 0.465 e. The van der Waals surface area contributed by atoms with Crippen LogP contribution in [0.5, 0.6) is 0 Å². The molecule has 6 heteroatoms. The second-order valence-electron chi connectivity index (χ2n) is 8.50. The summed E-state index contributed by atoms with van der Waals surface area (Å²) in [5.74, 6) is -0.212. The normalized spacial score (nSPS) is 16.2. The summed E-state index contributed by atoms with van der Waals surface area (Å²) in [7, 11) is 0. The van der Waals surface area contributed by atoms with Crippen molar-refractivity contribution >= 4 is 12.0 Å². The van der Waals surface area contributed by atoms with Crippen LogP contribution in [0.15, 0.2) is 48.5 Å². The van der Waals surface area contributed by atoms with Gasteiger partial charge in [-0.2, -0.15) is 0 Å². The highest BCUT2D eigenvalue weighted by atomic mass is 16.6. The first-order valence-corrected chi connectivity index (χ1v) is 9.81. The Morgan fingerprint density at radius 1 is 1.14 bits per heavy atom. The molecule has 1 unspecified atom stereocenters. The zero-order valence-corrected chi connectivity index (χ0v) is 17.1. The number of benzene rings is 2. The second kappa shape index (κ2) is 8.66. The molecule has 2 amide bonds. The molecule has 154 valence electrons. The Bertz CT molecular complexity index is 874. The number of hydrogen-bond donors (Lipinski definition) is 2. The van der Waals surface area contributed by atoms with Crippen LogP contribution in [-0.2, 0) is 29.1 Å². The molecule has 1 aliphatic rings. The van der Waals surface area contributed by atoms with E-state index in [1.54, 1.807) is 0 Å². The minimum Gasteiger partial charge on any atom is -0.465 e. The molecule has 2 N–H and O–H groups in total. The highest BCUT2D eigenvalue weighted by Gasteiger charge is 2.38. The van der Waals surface area contributed by atoms with Gasteiger partial charge in [-0.05, 0) is 34.1 Å². The lowest BCUT2D eigenvalue weighted by molar-refractivity contribution is -0.133. The quantitative estimate of drug-likeness (QED) is 0.746. The summed E-state index contributed by atoms with van der Waals surface area (Å²) >= 11 is 0. The molecule has 3 rings (SSSR count). The predicted octanol–water partition coefficient (Wildman–Crippen LogP) is 4.10. The van der Waals surface area contributed by atoms with Crippen molar-refractivity contribution in [3.63, 3.8) is 0 Å². The minimum absolute atomic E-state index is 0.208. The van der Waals surface area contributed by atoms with Crippen molar-refractivity contribution in [2.45, 2.75) is 46.3 Å². The van der Waals surface area contributed by atoms with Crippen LogP contribution in [0.1, 0.15) is 49.1 Å². The lowest BCUT2D eigenvalue weighted by atomic mass is 9.77. The molecular formula is C23H28N2O4. The van der Waals surface area contributed by atoms with E-state index < -0.39 is 6.09 Å². The van der Waals surface area contributed by atoms with Crippen molar-refractivity contribution in [1.29, 1.82) is 0 Å². The average Bonchev–Trinajstić information content (AvgIpc) is 2.67. The van der Waals surface area contributed by atoms with E-state index in [2.05, 4.69) is 5.48 Å². The van der Waals surface area contributed by atoms with Gasteiger partial charge in [-0.3, -0.25) is 9.63 Å². The van der Waals surface area contributed by atoms with Gasteiger partial charge in [-0.15, -0.1) is 0 Å². The van der Waals surface area contributed by atoms with Crippen molar-refractivity contribution in [1.82, 2.24) is 10.4 Å². The van der Waals surface area contributed by atoms with E-state index in [1.165, 1.54) is 4.90 Å². The van der Waals surface area contributed by atoms with Crippen LogP contribution in [0.3, 0.4) is 0 Å². The molecule has 0 saturated heterocycles. The summed E-state index contributed by atoms with van der Waals surface area (Å²) in [5.41, 5.74) is 6.27. The smallest absolute Gasteiger partial charge is 0.407 e. The Morgan fingerprint density at radius 2 is 1.86 bits per heavy atom. The summed E-state index contributed by atoms with van der Waals surface area (Å²) < 4.78 is 0. The van der Waals surface area contributed by atoms with Gasteiger partial charge in [0.05, 0.1) is 19.1 Å². The van der Waals surface area contributed by atoms with Crippen LogP contribution < -0.4 is 5.48 Å². The molecule has 0 spiro atoms. The van der Waals surface area contributed by atoms with Gasteiger partial charge < -0.3 is 10.0 Å². The first kappa shape index (κ1) is 20.9. The molecule has 2 aromatic carbocycles. The van der Waals surface area contributed by atoms with E-state index in [4.69, 9.17) is 4.84 Å². The number of amides is 2. The standard InChI is InChI=1S/C23H28N2O4/c1-23(2,3)21-19-10-9-17(13-18(19)11-12-25(21)22(27)28)14-20(26)24-29-15-16-7-5-4-6-8-16/h4-10,13,21H,11-12,14-15H2,1-3H3,(H,24,26)(H,27,28). The number of carboxylic acid groups (broad SMARTS) is 1. The fourth-order valence-electron chi connectivity index (χ4n) is 3.93. The van der Waals surface area contributed by atoms with Crippen LogP contribution in [0.4, 0.5) is 4.79 Å². The molecule has 1 heterocycles. The maximum Gasteiger partial charge on any atom is 0.407 e. The van der Waals surface area contributed by atoms with Crippen molar-refractivity contribution in [3.05, 3.63) is 70.8 Å². The third-order valence-electron chi connectivity index (χ3n) is 5.13. The highest BCUT2D eigenvalue weighted by molar-refractivity contribution is 5.77. The molecule has 6 nitrogen and oxygen atoms in total. The Kier molecular flexibility index (Phi) is 6.23. The fraction of sp³-hybridized carbons (Fsp3) is 0.391. The summed E-state index contributed by atoms with van der Waals surface area (Å²) in [4.78, 5) is 30.7. The van der Waals surface area contributed by atoms with Gasteiger partial charge in [0.25, 0.3) is 0 Å². The Balaban J connectivity index is 1.65. The first-order valence-electron chi connectivity index (χ1n) is 9.81. The molecule has 2 aromatic rings. The Hall–Kier alpha value is -2.86. The Labute approximate surface area is 171 Å². The highest BCUT2D eigenvalue weighted by Crippen LogP contribution is 2.42. The number of hydrogen-bond acceptors (Lipinski definition) is 3. The van der Waals surface area contributed by atoms with Crippen LogP contribution in [0, 0.1) is 5.41 Å². The summed E-state index contributed by atoms with van der Waals surface area (Å²) in [5, 5.41) is 9.59. The van der Waals surface area contributed by atoms with Gasteiger partial charge >= 0.3 is 6.09 Å². The molecule has 0 bridgehead atoms. The zero-order chi connectivity index (χ0) is 21.0. The number of fused-ring (bicyclic) bond motifs is 1. The number of nitrogens with one attached hydrogen (secondary N) is 1. The van der Waals surface area contributed by atoms with Crippen LogP contribution in [0.25, 0.3) is 0 Å². The topological polar surface area (TPSA) is 78.9 Å². The van der Waals surface area contributed by atoms with Gasteiger partial charge in [0.1, 0.15) is 0 Å². The maximum atomic E-state index is 12.2. The number of carbonyl (C=O) groups is 2. The zero-order valence-electron chi connectivity index (χ0n) is 17.1. The number of hydroxylamine groups is 1. The molecule has 0 fully saturated rings. The number of rotatable bonds is 5. The van der Waals surface area contributed by atoms with E-state index in [0.717, 1.165) is 22.3 Å². The van der Waals surface area contributed by atoms with E-state index in [0.29, 0.717) is 19.6 Å². The van der Waals surface area contributed by atoms with E-state index in [-0.39, 0.29) is 23.8 Å². The van der Waals surface area contributed by atoms with Crippen molar-refractivity contribution in [2.75, 3.05) is 6.54 Å². The number of nitrogens with zero attached hydrogens (tertiary/aromatic N) is 1. The molecule has 29 heavy (non-hydrogen) atoms. The maximum absolute atomic E-state index is 12.2. The van der Waals surface area contributed by atoms with Gasteiger partial charge in [0.2, 0.25) is 5.91 Å². The van der Waals surface area contributed by atoms with Gasteiger partial charge in [0.15, 0.2) is 0 Å². The summed E-state index contributed by atoms with van der Waals surface area (Å²) in [6.45, 7) is 6.92. The molecule has 0 radical (unpaired) electrons. The van der Waals surface area contributed by atoms with E-state index in [9.17, 15) is 14.7 Å². The predicted molar refractivity (Wildman–Crippen MR) is 110 cm³/mol. The van der Waals surface area contributed by atoms with Gasteiger partial charge in [0, 0.05) is 6.54 Å². The van der Waals surface area contributed by atoms with E-state index >= 15 is 0 Å². The fourth-order valence-corrected chi connectivity index (χ4v) is 3.93. The van der Waals surface area contributed by atoms with Crippen LogP contribution in [-0.4, -0.2) is 28.6 Å². The van der Waals surface area contributed by atoms with Crippen LogP contribution >= 0.6 is 0 Å². The minimum atomic E-state index is -0.894. The first-order chi connectivity index (χ1) is 13.8. The monoisotopic (exact) mass is 396 g/mol. The third-order valence-corrected chi connectivity index (χ3v) is 5.13. The molecule has 0 aromatic heterocycles. The average molecular weight is 396 g/mol. The van der Waals surface area contributed by atoms with Crippen molar-refractivity contribution < 1.29 is 19.5 Å². The SMILES string of the molecule is CC(C)(C)C1c2ccc(CC(=O)NOCc3ccccc3)cc2CCN1C(=O)O. The number of carbonyl (C=O) groups excluding carboxylic acids is 1. The lowest BCUT2D eigenvalue weighted by Crippen LogP contribution is -2.44. The van der Waals surface area contributed by atoms with Crippen LogP contribution in [0.2, 0.25) is 0 Å². The second-order valence-corrected chi connectivity index (χ2v) is 8.50. The lowest BCUT2D eigenvalue weighted by Gasteiger charge is -2.43. The Morgan fingerprint density at radius 3 is 2.52 bits per heavy atom. The van der Waals surface area contributed by atoms with Crippen molar-refractivity contribution in [2.24, 2.45) is 5.41 Å². The molecule has 1 aliphatic heterocycles. The molecule has 0 aliphatic carbocycles. The molecule has 1 atom stereocenters. The van der Waals surface area contributed by atoms with E-state index in [1.807, 2.05) is 69.3 Å². The summed E-state index contributed by atoms with van der Waals surface area (Å²) in [6, 6.07) is 15.3. The molecule has 0 saturated carbocycles. The summed E-state index contributed by atoms with van der Waals surface area (Å²) in [6.07, 6.45) is -0.0337. The van der Waals surface area contributed by atoms with Gasteiger partial charge in [-0.1, -0.05) is 69.3 Å². The third kappa shape index (κ3) is 5.15. The molecular weight excluding hydrogens is 368 g/mol.